The summed E-state index contributed by atoms with van der Waals surface area (Å²) in [4.78, 5) is 25.3. The fourth-order valence-electron chi connectivity index (χ4n) is 3.59. The first-order valence-electron chi connectivity index (χ1n) is 8.99. The van der Waals surface area contributed by atoms with Crippen LogP contribution >= 0.6 is 7.37 Å². The molecule has 0 bridgehead atoms. The van der Waals surface area contributed by atoms with Crippen LogP contribution in [-0.4, -0.2) is 27.1 Å². The molecule has 0 aliphatic rings. The van der Waals surface area contributed by atoms with Crippen molar-refractivity contribution in [3.63, 3.8) is 0 Å². The number of nitrogens with one attached hydrogen (secondary N) is 1. The summed E-state index contributed by atoms with van der Waals surface area (Å²) in [6.45, 7) is 1.96. The number of carboxylic acids is 1. The Morgan fingerprint density at radius 1 is 1.11 bits per heavy atom. The summed E-state index contributed by atoms with van der Waals surface area (Å²) in [7, 11) is -3.59. The lowest BCUT2D eigenvalue weighted by atomic mass is 9.91. The molecule has 6 heteroatoms. The van der Waals surface area contributed by atoms with E-state index in [1.807, 2.05) is 55.6 Å². The maximum atomic E-state index is 12.7. The van der Waals surface area contributed by atoms with Crippen LogP contribution in [0.5, 0.6) is 0 Å². The lowest BCUT2D eigenvalue weighted by molar-refractivity contribution is -0.141. The second kappa shape index (κ2) is 8.12. The summed E-state index contributed by atoms with van der Waals surface area (Å²) in [6.07, 6.45) is 2.00. The number of H-pyrrole nitrogens is 1. The van der Waals surface area contributed by atoms with Crippen molar-refractivity contribution in [2.75, 3.05) is 6.16 Å². The Kier molecular flexibility index (Phi) is 5.83. The standard InChI is InChI=1S/C21H24NO4P/c1-15(19-12-22-20-10-6-5-9-18(19)20)11-17(21(23)24)14-27(25,26)13-16-7-3-2-4-8-16/h2-10,12,15,17,22H,11,13-14H2,1H3,(H,23,24)(H,25,26). The molecule has 0 spiro atoms. The maximum absolute atomic E-state index is 12.7. The molecule has 3 aromatic rings. The minimum Gasteiger partial charge on any atom is -0.481 e. The van der Waals surface area contributed by atoms with Gasteiger partial charge in [-0.2, -0.15) is 0 Å². The van der Waals surface area contributed by atoms with Gasteiger partial charge in [0.2, 0.25) is 7.37 Å². The molecule has 0 aliphatic carbocycles. The third-order valence-electron chi connectivity index (χ3n) is 4.92. The average Bonchev–Trinajstić information content (AvgIpc) is 3.05. The number of hydrogen-bond donors (Lipinski definition) is 3. The van der Waals surface area contributed by atoms with E-state index in [1.54, 1.807) is 12.1 Å². The molecule has 3 N–H and O–H groups in total. The molecule has 0 amide bonds. The first-order chi connectivity index (χ1) is 12.9. The van der Waals surface area contributed by atoms with Crippen LogP contribution in [0.25, 0.3) is 10.9 Å². The highest BCUT2D eigenvalue weighted by Crippen LogP contribution is 2.47. The second-order valence-corrected chi connectivity index (χ2v) is 9.51. The summed E-state index contributed by atoms with van der Waals surface area (Å²) in [5.41, 5.74) is 2.79. The number of rotatable bonds is 8. The number of hydrogen-bond acceptors (Lipinski definition) is 2. The molecular weight excluding hydrogens is 361 g/mol. The maximum Gasteiger partial charge on any atom is 0.307 e. The number of carbonyl (C=O) groups is 1. The SMILES string of the molecule is CC(CC(CP(=O)(O)Cc1ccccc1)C(=O)O)c1c[nH]c2ccccc12. The van der Waals surface area contributed by atoms with Crippen LogP contribution in [0, 0.1) is 5.92 Å². The first-order valence-corrected chi connectivity index (χ1v) is 11.0. The molecular formula is C21H24NO4P. The molecule has 0 saturated heterocycles. The topological polar surface area (TPSA) is 90.4 Å². The van der Waals surface area contributed by atoms with E-state index in [9.17, 15) is 19.4 Å². The summed E-state index contributed by atoms with van der Waals surface area (Å²) in [5.74, 6) is -1.93. The molecule has 142 valence electrons. The second-order valence-electron chi connectivity index (χ2n) is 7.13. The van der Waals surface area contributed by atoms with Gasteiger partial charge in [0.25, 0.3) is 0 Å². The van der Waals surface area contributed by atoms with Crippen molar-refractivity contribution >= 4 is 24.2 Å². The fourth-order valence-corrected chi connectivity index (χ4v) is 5.49. The normalized spacial score (nSPS) is 15.9. The molecule has 3 atom stereocenters. The number of benzene rings is 2. The molecule has 0 saturated carbocycles. The molecule has 1 aromatic heterocycles. The van der Waals surface area contributed by atoms with Gasteiger partial charge >= 0.3 is 5.97 Å². The van der Waals surface area contributed by atoms with Gasteiger partial charge in [-0.3, -0.25) is 9.36 Å². The van der Waals surface area contributed by atoms with Gasteiger partial charge in [0.05, 0.1) is 5.92 Å². The van der Waals surface area contributed by atoms with Gasteiger partial charge in [0, 0.05) is 29.4 Å². The molecule has 1 heterocycles. The zero-order chi connectivity index (χ0) is 19.4. The zero-order valence-corrected chi connectivity index (χ0v) is 16.1. The quantitative estimate of drug-likeness (QED) is 0.484. The smallest absolute Gasteiger partial charge is 0.307 e. The van der Waals surface area contributed by atoms with Crippen LogP contribution < -0.4 is 0 Å². The van der Waals surface area contributed by atoms with E-state index in [0.29, 0.717) is 6.42 Å². The Hall–Kier alpha value is -2.36. The van der Waals surface area contributed by atoms with Gasteiger partial charge in [-0.1, -0.05) is 55.5 Å². The van der Waals surface area contributed by atoms with Crippen LogP contribution in [0.3, 0.4) is 0 Å². The van der Waals surface area contributed by atoms with Crippen LogP contribution in [0.15, 0.2) is 60.8 Å². The van der Waals surface area contributed by atoms with Crippen molar-refractivity contribution in [1.29, 1.82) is 0 Å². The Morgan fingerprint density at radius 2 is 1.78 bits per heavy atom. The number of para-hydroxylation sites is 1. The highest BCUT2D eigenvalue weighted by Gasteiger charge is 2.31. The van der Waals surface area contributed by atoms with Crippen molar-refractivity contribution < 1.29 is 19.4 Å². The number of carboxylic acid groups (broad SMARTS) is 1. The lowest BCUT2D eigenvalue weighted by Gasteiger charge is -2.20. The van der Waals surface area contributed by atoms with E-state index in [0.717, 1.165) is 22.0 Å². The minimum absolute atomic E-state index is 0.000906. The molecule has 0 aliphatic heterocycles. The minimum atomic E-state index is -3.59. The van der Waals surface area contributed by atoms with E-state index in [4.69, 9.17) is 0 Å². The lowest BCUT2D eigenvalue weighted by Crippen LogP contribution is -2.20. The van der Waals surface area contributed by atoms with Gasteiger partial charge in [-0.05, 0) is 29.5 Å². The van der Waals surface area contributed by atoms with Crippen molar-refractivity contribution in [2.24, 2.45) is 5.92 Å². The van der Waals surface area contributed by atoms with Crippen LogP contribution in [0.1, 0.15) is 30.4 Å². The van der Waals surface area contributed by atoms with Crippen LogP contribution in [0.4, 0.5) is 0 Å². The van der Waals surface area contributed by atoms with Crippen LogP contribution in [0.2, 0.25) is 0 Å². The predicted molar refractivity (Wildman–Crippen MR) is 107 cm³/mol. The van der Waals surface area contributed by atoms with Crippen molar-refractivity contribution in [3.8, 4) is 0 Å². The molecule has 2 aromatic carbocycles. The molecule has 3 unspecified atom stereocenters. The summed E-state index contributed by atoms with van der Waals surface area (Å²) >= 11 is 0. The van der Waals surface area contributed by atoms with Crippen molar-refractivity contribution in [3.05, 3.63) is 71.9 Å². The Morgan fingerprint density at radius 3 is 2.48 bits per heavy atom. The first kappa shape index (κ1) is 19.4. The monoisotopic (exact) mass is 385 g/mol. The Balaban J connectivity index is 1.73. The van der Waals surface area contributed by atoms with Crippen molar-refractivity contribution in [2.45, 2.75) is 25.4 Å². The summed E-state index contributed by atoms with van der Waals surface area (Å²) in [6, 6.07) is 16.9. The third kappa shape index (κ3) is 4.88. The Bertz CT molecular complexity index is 966. The van der Waals surface area contributed by atoms with E-state index >= 15 is 0 Å². The van der Waals surface area contributed by atoms with Crippen LogP contribution in [-0.2, 0) is 15.5 Å². The Labute approximate surface area is 158 Å². The molecule has 0 radical (unpaired) electrons. The number of aliphatic carboxylic acids is 1. The summed E-state index contributed by atoms with van der Waals surface area (Å²) in [5, 5.41) is 10.7. The largest absolute Gasteiger partial charge is 0.481 e. The third-order valence-corrected chi connectivity index (χ3v) is 6.79. The van der Waals surface area contributed by atoms with Gasteiger partial charge in [-0.25, -0.2) is 0 Å². The van der Waals surface area contributed by atoms with Crippen molar-refractivity contribution in [1.82, 2.24) is 4.98 Å². The average molecular weight is 385 g/mol. The molecule has 27 heavy (non-hydrogen) atoms. The molecule has 5 nitrogen and oxygen atoms in total. The fraction of sp³-hybridized carbons (Fsp3) is 0.286. The van der Waals surface area contributed by atoms with Gasteiger partial charge in [0.15, 0.2) is 0 Å². The van der Waals surface area contributed by atoms with E-state index in [2.05, 4.69) is 4.98 Å². The van der Waals surface area contributed by atoms with E-state index in [1.165, 1.54) is 0 Å². The van der Waals surface area contributed by atoms with E-state index in [-0.39, 0.29) is 18.2 Å². The highest BCUT2D eigenvalue weighted by atomic mass is 31.2. The van der Waals surface area contributed by atoms with Gasteiger partial charge < -0.3 is 15.0 Å². The molecule has 0 fully saturated rings. The molecule has 3 rings (SSSR count). The number of aromatic amines is 1. The highest BCUT2D eigenvalue weighted by molar-refractivity contribution is 7.57. The van der Waals surface area contributed by atoms with Gasteiger partial charge in [-0.15, -0.1) is 0 Å². The zero-order valence-electron chi connectivity index (χ0n) is 15.2. The van der Waals surface area contributed by atoms with E-state index < -0.39 is 19.3 Å². The summed E-state index contributed by atoms with van der Waals surface area (Å²) < 4.78 is 12.7. The predicted octanol–water partition coefficient (Wildman–Crippen LogP) is 4.83. The number of fused-ring (bicyclic) bond motifs is 1. The number of aromatic nitrogens is 1. The van der Waals surface area contributed by atoms with Gasteiger partial charge in [0.1, 0.15) is 0 Å².